The lowest BCUT2D eigenvalue weighted by molar-refractivity contribution is -0.161. The van der Waals surface area contributed by atoms with Gasteiger partial charge in [0.05, 0.1) is 26.4 Å². The molecule has 2 unspecified atom stereocenters. The Morgan fingerprint density at radius 3 is 0.716 bits per heavy atom. The van der Waals surface area contributed by atoms with Crippen molar-refractivity contribution < 1.29 is 80.2 Å². The lowest BCUT2D eigenvalue weighted by atomic mass is 10.0. The molecule has 0 saturated heterocycles. The zero-order valence-corrected chi connectivity index (χ0v) is 63.6. The summed E-state index contributed by atoms with van der Waals surface area (Å²) in [5.74, 6) is -1.40. The summed E-state index contributed by atoms with van der Waals surface area (Å²) in [5, 5.41) is 10.6. The van der Waals surface area contributed by atoms with Crippen LogP contribution in [0.2, 0.25) is 0 Å². The van der Waals surface area contributed by atoms with Crippen LogP contribution in [0.4, 0.5) is 0 Å². The Hall–Kier alpha value is -1.94. The molecule has 0 radical (unpaired) electrons. The fourth-order valence-corrected chi connectivity index (χ4v) is 13.3. The number of carbonyl (C=O) groups excluding carboxylic acids is 4. The minimum atomic E-state index is -4.96. The van der Waals surface area contributed by atoms with Crippen LogP contribution in [0.5, 0.6) is 0 Å². The van der Waals surface area contributed by atoms with E-state index in [1.54, 1.807) is 0 Å². The Labute approximate surface area is 581 Å². The van der Waals surface area contributed by atoms with Crippen molar-refractivity contribution in [2.75, 3.05) is 39.6 Å². The number of aliphatic hydroxyl groups is 1. The van der Waals surface area contributed by atoms with Crippen molar-refractivity contribution >= 4 is 39.5 Å². The van der Waals surface area contributed by atoms with Crippen molar-refractivity contribution in [3.8, 4) is 0 Å². The van der Waals surface area contributed by atoms with Crippen LogP contribution in [-0.4, -0.2) is 96.7 Å². The normalized spacial score (nSPS) is 13.9. The number of rotatable bonds is 76. The monoisotopic (exact) mass is 1400 g/mol. The molecule has 0 aromatic heterocycles. The highest BCUT2D eigenvalue weighted by atomic mass is 31.2. The summed E-state index contributed by atoms with van der Waals surface area (Å²) in [6.07, 6.45) is 58.5. The number of ether oxygens (including phenoxy) is 4. The van der Waals surface area contributed by atoms with Crippen LogP contribution in [0.15, 0.2) is 0 Å². The first-order valence-electron chi connectivity index (χ1n) is 39.6. The van der Waals surface area contributed by atoms with Gasteiger partial charge in [-0.1, -0.05) is 349 Å². The Bertz CT molecular complexity index is 1820. The van der Waals surface area contributed by atoms with Crippen molar-refractivity contribution in [2.24, 2.45) is 5.92 Å². The summed E-state index contributed by atoms with van der Waals surface area (Å²) < 4.78 is 68.4. The van der Waals surface area contributed by atoms with Crippen LogP contribution in [0, 0.1) is 5.92 Å². The molecule has 0 aromatic carbocycles. The maximum atomic E-state index is 13.1. The van der Waals surface area contributed by atoms with Gasteiger partial charge in [0, 0.05) is 25.7 Å². The van der Waals surface area contributed by atoms with Gasteiger partial charge in [-0.15, -0.1) is 0 Å². The number of hydrogen-bond acceptors (Lipinski definition) is 15. The van der Waals surface area contributed by atoms with Crippen LogP contribution in [0.25, 0.3) is 0 Å². The number of aliphatic hydroxyl groups excluding tert-OH is 1. The molecule has 3 N–H and O–H groups in total. The summed E-state index contributed by atoms with van der Waals surface area (Å²) in [6, 6.07) is 0. The Kier molecular flexibility index (Phi) is 67.7. The van der Waals surface area contributed by atoms with Crippen LogP contribution < -0.4 is 0 Å². The van der Waals surface area contributed by atoms with Crippen molar-refractivity contribution in [1.29, 1.82) is 0 Å². The maximum absolute atomic E-state index is 13.1. The van der Waals surface area contributed by atoms with E-state index >= 15 is 0 Å². The Balaban J connectivity index is 5.17. The summed E-state index contributed by atoms with van der Waals surface area (Å²) in [6.45, 7) is 7.22. The smallest absolute Gasteiger partial charge is 0.462 e. The summed E-state index contributed by atoms with van der Waals surface area (Å²) in [5.41, 5.74) is 0. The van der Waals surface area contributed by atoms with Gasteiger partial charge in [-0.05, 0) is 31.6 Å². The highest BCUT2D eigenvalue weighted by molar-refractivity contribution is 7.47. The van der Waals surface area contributed by atoms with Crippen LogP contribution in [0.1, 0.15) is 401 Å². The van der Waals surface area contributed by atoms with Gasteiger partial charge in [-0.2, -0.15) is 0 Å². The predicted octanol–water partition coefficient (Wildman–Crippen LogP) is 22.5. The average Bonchev–Trinajstić information content (AvgIpc) is 1.27. The molecule has 0 saturated carbocycles. The highest BCUT2D eigenvalue weighted by Crippen LogP contribution is 2.45. The molecule has 0 spiro atoms. The van der Waals surface area contributed by atoms with Crippen LogP contribution >= 0.6 is 15.6 Å². The van der Waals surface area contributed by atoms with E-state index in [1.807, 2.05) is 0 Å². The van der Waals surface area contributed by atoms with E-state index in [9.17, 15) is 43.2 Å². The SMILES string of the molecule is CCCCCCCCCCCCCCCCCCCCCCCC(=O)O[C@H](COC(=O)CCCCCCCCCCCCCCCCC)COP(=O)(O)OC[C@@H](O)COP(=O)(O)OC[C@@H](COC(=O)CCCCCCCCCC)OC(=O)CCCCCCCCCCC(C)C. The summed E-state index contributed by atoms with van der Waals surface area (Å²) in [4.78, 5) is 72.7. The molecule has 564 valence electrons. The second-order valence-corrected chi connectivity index (χ2v) is 30.8. The molecule has 17 nitrogen and oxygen atoms in total. The molecule has 0 fully saturated rings. The van der Waals surface area contributed by atoms with E-state index in [-0.39, 0.29) is 25.7 Å². The average molecular weight is 1400 g/mol. The second-order valence-electron chi connectivity index (χ2n) is 27.9. The number of esters is 4. The van der Waals surface area contributed by atoms with Crippen LogP contribution in [-0.2, 0) is 65.4 Å². The zero-order valence-electron chi connectivity index (χ0n) is 61.8. The molecule has 19 heteroatoms. The van der Waals surface area contributed by atoms with Gasteiger partial charge >= 0.3 is 39.5 Å². The van der Waals surface area contributed by atoms with Crippen molar-refractivity contribution in [1.82, 2.24) is 0 Å². The molecular formula is C76H148O17P2. The predicted molar refractivity (Wildman–Crippen MR) is 386 cm³/mol. The van der Waals surface area contributed by atoms with Gasteiger partial charge in [-0.25, -0.2) is 9.13 Å². The first-order chi connectivity index (χ1) is 46.0. The fraction of sp³-hybridized carbons (Fsp3) is 0.947. The minimum Gasteiger partial charge on any atom is -0.462 e. The fourth-order valence-electron chi connectivity index (χ4n) is 11.7. The molecule has 0 rings (SSSR count). The van der Waals surface area contributed by atoms with Gasteiger partial charge < -0.3 is 33.8 Å². The lowest BCUT2D eigenvalue weighted by Gasteiger charge is -2.21. The van der Waals surface area contributed by atoms with Crippen molar-refractivity contribution in [3.63, 3.8) is 0 Å². The molecule has 0 aromatic rings. The van der Waals surface area contributed by atoms with Gasteiger partial charge in [-0.3, -0.25) is 37.3 Å². The third kappa shape index (κ3) is 70.3. The third-order valence-electron chi connectivity index (χ3n) is 17.8. The van der Waals surface area contributed by atoms with E-state index in [0.29, 0.717) is 25.7 Å². The maximum Gasteiger partial charge on any atom is 0.472 e. The first kappa shape index (κ1) is 93.1. The molecule has 95 heavy (non-hydrogen) atoms. The first-order valence-corrected chi connectivity index (χ1v) is 42.6. The molecule has 5 atom stereocenters. The molecule has 0 heterocycles. The number of phosphoric ester groups is 2. The highest BCUT2D eigenvalue weighted by Gasteiger charge is 2.30. The molecular weight excluding hydrogens is 1250 g/mol. The minimum absolute atomic E-state index is 0.105. The molecule has 0 aliphatic heterocycles. The zero-order chi connectivity index (χ0) is 69.8. The Morgan fingerprint density at radius 2 is 0.484 bits per heavy atom. The largest absolute Gasteiger partial charge is 0.472 e. The van der Waals surface area contributed by atoms with E-state index in [1.165, 1.54) is 218 Å². The molecule has 0 aliphatic rings. The quantitative estimate of drug-likeness (QED) is 0.0222. The van der Waals surface area contributed by atoms with E-state index < -0.39 is 97.5 Å². The number of phosphoric acid groups is 2. The Morgan fingerprint density at radius 1 is 0.284 bits per heavy atom. The standard InChI is InChI=1S/C76H148O17P2/c1-6-9-12-15-18-21-23-25-27-28-29-30-31-32-34-36-38-40-46-51-56-61-75(80)92-72(66-87-74(79)60-55-50-45-39-37-35-33-26-24-22-19-16-13-10-7-2)68-91-95(84,85)89-64-70(77)63-88-94(82,83)90-67-71(65-86-73(78)59-54-49-44-20-17-14-11-8-3)93-76(81)62-57-52-47-42-41-43-48-53-58-69(4)5/h69-72,77H,6-68H2,1-5H3,(H,82,83)(H,84,85)/t70-,71+,72+/m0/s1. The van der Waals surface area contributed by atoms with E-state index in [0.717, 1.165) is 102 Å². The molecule has 0 aliphatic carbocycles. The number of hydrogen-bond donors (Lipinski definition) is 3. The summed E-state index contributed by atoms with van der Waals surface area (Å²) in [7, 11) is -9.90. The molecule has 0 bridgehead atoms. The van der Waals surface area contributed by atoms with Crippen LogP contribution in [0.3, 0.4) is 0 Å². The van der Waals surface area contributed by atoms with Gasteiger partial charge in [0.1, 0.15) is 19.3 Å². The lowest BCUT2D eigenvalue weighted by Crippen LogP contribution is -2.30. The third-order valence-corrected chi connectivity index (χ3v) is 19.7. The second kappa shape index (κ2) is 69.2. The summed E-state index contributed by atoms with van der Waals surface area (Å²) >= 11 is 0. The van der Waals surface area contributed by atoms with Gasteiger partial charge in [0.2, 0.25) is 0 Å². The van der Waals surface area contributed by atoms with Gasteiger partial charge in [0.25, 0.3) is 0 Å². The number of carbonyl (C=O) groups is 4. The van der Waals surface area contributed by atoms with E-state index in [2.05, 4.69) is 34.6 Å². The van der Waals surface area contributed by atoms with E-state index in [4.69, 9.17) is 37.0 Å². The number of unbranched alkanes of at least 4 members (excludes halogenated alkanes) is 48. The van der Waals surface area contributed by atoms with Gasteiger partial charge in [0.15, 0.2) is 12.2 Å². The van der Waals surface area contributed by atoms with Crippen molar-refractivity contribution in [3.05, 3.63) is 0 Å². The topological polar surface area (TPSA) is 237 Å². The van der Waals surface area contributed by atoms with Crippen molar-refractivity contribution in [2.45, 2.75) is 419 Å². The molecule has 0 amide bonds.